The van der Waals surface area contributed by atoms with Crippen molar-refractivity contribution in [2.24, 2.45) is 11.8 Å². The average molecular weight is 812 g/mol. The maximum atomic E-state index is 14.5. The van der Waals surface area contributed by atoms with E-state index in [9.17, 15) is 8.42 Å². The Kier molecular flexibility index (Phi) is 8.58. The highest BCUT2D eigenvalue weighted by Gasteiger charge is 2.54. The van der Waals surface area contributed by atoms with E-state index in [0.717, 1.165) is 44.5 Å². The van der Waals surface area contributed by atoms with Crippen LogP contribution in [0.3, 0.4) is 0 Å². The molecule has 0 saturated carbocycles. The fraction of sp³-hybridized carbons (Fsp3) is 0.0755. The Morgan fingerprint density at radius 2 is 1.07 bits per heavy atom. The minimum absolute atomic E-state index is 0.0213. The van der Waals surface area contributed by atoms with E-state index in [1.165, 1.54) is 20.2 Å². The second kappa shape index (κ2) is 14.2. The maximum Gasteiger partial charge on any atom is 0.207 e. The van der Waals surface area contributed by atoms with Crippen LogP contribution in [0.4, 0.5) is 0 Å². The van der Waals surface area contributed by atoms with Crippen LogP contribution < -0.4 is 0 Å². The fourth-order valence-corrected chi connectivity index (χ4v) is 12.6. The quantitative estimate of drug-likeness (QED) is 0.167. The van der Waals surface area contributed by atoms with Gasteiger partial charge in [-0.1, -0.05) is 171 Å². The summed E-state index contributed by atoms with van der Waals surface area (Å²) in [6.07, 6.45) is 6.59. The summed E-state index contributed by atoms with van der Waals surface area (Å²) in [5, 5.41) is 2.47. The van der Waals surface area contributed by atoms with Gasteiger partial charge >= 0.3 is 0 Å². The molecule has 2 aromatic heterocycles. The summed E-state index contributed by atoms with van der Waals surface area (Å²) >= 11 is 1.77. The molecule has 288 valence electrons. The molecule has 60 heavy (non-hydrogen) atoms. The topological polar surface area (TPSA) is 72.8 Å². The molecule has 0 radical (unpaired) electrons. The van der Waals surface area contributed by atoms with Crippen molar-refractivity contribution in [3.05, 3.63) is 216 Å². The predicted molar refractivity (Wildman–Crippen MR) is 243 cm³/mol. The first-order chi connectivity index (χ1) is 29.4. The average Bonchev–Trinajstić information content (AvgIpc) is 3.68. The van der Waals surface area contributed by atoms with Crippen molar-refractivity contribution in [2.45, 2.75) is 22.1 Å². The molecule has 0 bridgehead atoms. The van der Waals surface area contributed by atoms with Crippen molar-refractivity contribution < 1.29 is 8.42 Å². The first-order valence-corrected chi connectivity index (χ1v) is 22.4. The highest BCUT2D eigenvalue weighted by Crippen LogP contribution is 2.59. The lowest BCUT2D eigenvalue weighted by Crippen LogP contribution is -2.46. The summed E-state index contributed by atoms with van der Waals surface area (Å²) in [5.74, 6) is 1.61. The molecule has 3 heterocycles. The van der Waals surface area contributed by atoms with Gasteiger partial charge in [0.25, 0.3) is 0 Å². The van der Waals surface area contributed by atoms with Gasteiger partial charge in [0.1, 0.15) is 0 Å². The van der Waals surface area contributed by atoms with E-state index in [-0.39, 0.29) is 11.8 Å². The normalized spacial score (nSPS) is 17.5. The zero-order chi connectivity index (χ0) is 40.4. The summed E-state index contributed by atoms with van der Waals surface area (Å²) in [6, 6.07) is 59.1. The zero-order valence-corrected chi connectivity index (χ0v) is 34.2. The smallest absolute Gasteiger partial charge is 0.207 e. The Morgan fingerprint density at radius 1 is 0.517 bits per heavy atom. The molecule has 5 nitrogen and oxygen atoms in total. The molecule has 0 fully saturated rings. The number of aromatic nitrogens is 3. The first kappa shape index (κ1) is 36.3. The number of benzene rings is 7. The van der Waals surface area contributed by atoms with Gasteiger partial charge in [-0.25, -0.2) is 23.4 Å². The monoisotopic (exact) mass is 811 g/mol. The molecule has 2 atom stereocenters. The highest BCUT2D eigenvalue weighted by atomic mass is 32.2. The Morgan fingerprint density at radius 3 is 1.78 bits per heavy atom. The molecule has 1 aliphatic carbocycles. The second-order valence-electron chi connectivity index (χ2n) is 15.6. The number of hydrogen-bond acceptors (Lipinski definition) is 6. The van der Waals surface area contributed by atoms with Crippen molar-refractivity contribution in [3.63, 3.8) is 0 Å². The van der Waals surface area contributed by atoms with E-state index in [0.29, 0.717) is 27.3 Å². The summed E-state index contributed by atoms with van der Waals surface area (Å²) in [6.45, 7) is 2.24. The Balaban J connectivity index is 1.10. The largest absolute Gasteiger partial charge is 0.218 e. The van der Waals surface area contributed by atoms with Crippen molar-refractivity contribution in [3.8, 4) is 34.2 Å². The third kappa shape index (κ3) is 5.64. The van der Waals surface area contributed by atoms with Gasteiger partial charge in [-0.2, -0.15) is 0 Å². The van der Waals surface area contributed by atoms with Crippen LogP contribution in [0.25, 0.3) is 59.9 Å². The third-order valence-electron chi connectivity index (χ3n) is 12.2. The van der Waals surface area contributed by atoms with Crippen LogP contribution in [0.1, 0.15) is 29.2 Å². The van der Waals surface area contributed by atoms with Crippen molar-refractivity contribution in [1.82, 2.24) is 15.0 Å². The molecule has 7 heteroatoms. The van der Waals surface area contributed by atoms with Gasteiger partial charge in [0.2, 0.25) is 9.84 Å². The first-order valence-electron chi connectivity index (χ1n) is 20.1. The van der Waals surface area contributed by atoms with Crippen LogP contribution in [-0.4, -0.2) is 23.4 Å². The maximum absolute atomic E-state index is 14.5. The van der Waals surface area contributed by atoms with Crippen LogP contribution in [-0.2, 0) is 15.3 Å². The lowest BCUT2D eigenvalue weighted by atomic mass is 9.55. The van der Waals surface area contributed by atoms with E-state index in [2.05, 4.69) is 116 Å². The van der Waals surface area contributed by atoms with Gasteiger partial charge in [-0.15, -0.1) is 11.3 Å². The van der Waals surface area contributed by atoms with Gasteiger partial charge < -0.3 is 0 Å². The number of thiophene rings is 1. The number of fused-ring (bicyclic) bond motifs is 5. The van der Waals surface area contributed by atoms with Gasteiger partial charge in [0.15, 0.2) is 17.5 Å². The highest BCUT2D eigenvalue weighted by molar-refractivity contribution is 7.91. The number of sulfone groups is 1. The third-order valence-corrected chi connectivity index (χ3v) is 15.2. The molecule has 1 aliphatic heterocycles. The van der Waals surface area contributed by atoms with Crippen LogP contribution in [0.2, 0.25) is 0 Å². The summed E-state index contributed by atoms with van der Waals surface area (Å²) in [7, 11) is -3.79. The van der Waals surface area contributed by atoms with Crippen molar-refractivity contribution in [2.75, 3.05) is 0 Å². The van der Waals surface area contributed by atoms with Crippen LogP contribution in [0, 0.1) is 11.8 Å². The van der Waals surface area contributed by atoms with Crippen LogP contribution in [0.15, 0.2) is 204 Å². The lowest BCUT2D eigenvalue weighted by Gasteiger charge is -2.49. The van der Waals surface area contributed by atoms with Gasteiger partial charge in [-0.3, -0.25) is 0 Å². The zero-order valence-electron chi connectivity index (χ0n) is 32.6. The minimum atomic E-state index is -3.79. The molecule has 7 aromatic carbocycles. The van der Waals surface area contributed by atoms with E-state index in [1.807, 2.05) is 72.8 Å². The van der Waals surface area contributed by atoms with E-state index >= 15 is 0 Å². The van der Waals surface area contributed by atoms with Gasteiger partial charge in [-0.05, 0) is 64.1 Å². The molecular formula is C53H37N3O2S2. The van der Waals surface area contributed by atoms with Crippen LogP contribution >= 0.6 is 11.3 Å². The minimum Gasteiger partial charge on any atom is -0.218 e. The second-order valence-corrected chi connectivity index (χ2v) is 18.5. The molecule has 11 rings (SSSR count). The molecular weight excluding hydrogens is 775 g/mol. The van der Waals surface area contributed by atoms with E-state index in [1.54, 1.807) is 23.5 Å². The standard InChI is InChI=1S/C53H37N3O2S2/c1-34-16-14-24-40(49(34)53(39-21-6-3-7-22-39)43-25-9-12-28-47(43)60(57,58)48-29-13-10-26-44(48)53)36-19-15-20-37(32-36)51-54-50(35-17-4-2-5-18-35)55-52(56-51)38-30-31-42-41-23-8-11-27-45(41)59-46(42)33-38/h2-34,49H,1H3. The molecule has 9 aromatic rings. The van der Waals surface area contributed by atoms with Crippen molar-refractivity contribution in [1.29, 1.82) is 0 Å². The van der Waals surface area contributed by atoms with Gasteiger partial charge in [0, 0.05) is 42.8 Å². The van der Waals surface area contributed by atoms with E-state index < -0.39 is 15.3 Å². The molecule has 0 spiro atoms. The molecule has 2 unspecified atom stereocenters. The lowest BCUT2D eigenvalue weighted by molar-refractivity contribution is 0.367. The number of allylic oxidation sites excluding steroid dienone is 4. The van der Waals surface area contributed by atoms with Gasteiger partial charge in [0.05, 0.1) is 15.2 Å². The van der Waals surface area contributed by atoms with Crippen LogP contribution in [0.5, 0.6) is 0 Å². The Labute approximate surface area is 353 Å². The summed E-state index contributed by atoms with van der Waals surface area (Å²) in [4.78, 5) is 16.1. The predicted octanol–water partition coefficient (Wildman–Crippen LogP) is 12.6. The summed E-state index contributed by atoms with van der Waals surface area (Å²) < 4.78 is 31.3. The van der Waals surface area contributed by atoms with Crippen molar-refractivity contribution >= 4 is 46.9 Å². The number of rotatable bonds is 6. The molecule has 2 aliphatic rings. The molecule has 0 amide bonds. The van der Waals surface area contributed by atoms with E-state index in [4.69, 9.17) is 15.0 Å². The summed E-state index contributed by atoms with van der Waals surface area (Å²) in [5.41, 5.74) is 6.58. The number of nitrogens with zero attached hydrogens (tertiary/aromatic N) is 3. The fourth-order valence-electron chi connectivity index (χ4n) is 9.63. The molecule has 0 saturated heterocycles. The molecule has 0 N–H and O–H groups in total. The Bertz CT molecular complexity index is 3260. The SMILES string of the molecule is CC1C=CC=C(c2cccc(-c3nc(-c4ccccc4)nc(-c4ccc5c(c4)sc4ccccc45)n3)c2)C1C1(c2ccccc2)c2ccccc2S(=O)(=O)c2ccccc21. The number of hydrogen-bond donors (Lipinski definition) is 0. The Hall–Kier alpha value is -6.80.